The summed E-state index contributed by atoms with van der Waals surface area (Å²) in [7, 11) is 0. The molecule has 0 aromatic heterocycles. The van der Waals surface area contributed by atoms with Gasteiger partial charge in [-0.2, -0.15) is 0 Å². The van der Waals surface area contributed by atoms with Crippen molar-refractivity contribution in [3.05, 3.63) is 33.8 Å². The molecule has 1 aliphatic rings. The van der Waals surface area contributed by atoms with Crippen LogP contribution in [0.1, 0.15) is 50.5 Å². The number of aliphatic carboxylic acids is 1. The quantitative estimate of drug-likeness (QED) is 0.493. The molecule has 1 saturated heterocycles. The van der Waals surface area contributed by atoms with Crippen LogP contribution in [0.3, 0.4) is 0 Å². The number of halogens is 2. The number of aliphatic hydroxyl groups is 1. The van der Waals surface area contributed by atoms with E-state index in [4.69, 9.17) is 33.0 Å². The average molecular weight is 389 g/mol. The fourth-order valence-corrected chi connectivity index (χ4v) is 3.59. The van der Waals surface area contributed by atoms with Crippen molar-refractivity contribution < 1.29 is 24.5 Å². The number of ether oxygens (including phenoxy) is 1. The summed E-state index contributed by atoms with van der Waals surface area (Å²) in [5.41, 5.74) is -0.795. The normalized spacial score (nSPS) is 22.8. The van der Waals surface area contributed by atoms with Crippen molar-refractivity contribution in [3.63, 3.8) is 0 Å². The molecule has 1 fully saturated rings. The monoisotopic (exact) mass is 388 g/mol. The van der Waals surface area contributed by atoms with Crippen LogP contribution in [0, 0.1) is 0 Å². The van der Waals surface area contributed by atoms with Gasteiger partial charge in [0.2, 0.25) is 0 Å². The van der Waals surface area contributed by atoms with Gasteiger partial charge in [-0.25, -0.2) is 4.79 Å². The number of cyclic esters (lactones) is 1. The van der Waals surface area contributed by atoms with Gasteiger partial charge in [0.25, 0.3) is 0 Å². The first-order valence-corrected chi connectivity index (χ1v) is 9.15. The first-order chi connectivity index (χ1) is 11.8. The Balaban J connectivity index is 1.63. The maximum Gasteiger partial charge on any atom is 0.339 e. The van der Waals surface area contributed by atoms with Crippen LogP contribution in [-0.2, 0) is 20.7 Å². The lowest BCUT2D eigenvalue weighted by Crippen LogP contribution is -2.36. The van der Waals surface area contributed by atoms with Crippen LogP contribution in [0.4, 0.5) is 0 Å². The lowest BCUT2D eigenvalue weighted by molar-refractivity contribution is -0.160. The number of hydrogen-bond acceptors (Lipinski definition) is 4. The number of aryl methyl sites for hydroxylation is 1. The van der Waals surface area contributed by atoms with Crippen molar-refractivity contribution in [1.29, 1.82) is 0 Å². The highest BCUT2D eigenvalue weighted by Crippen LogP contribution is 2.31. The fourth-order valence-electron chi connectivity index (χ4n) is 3.08. The molecule has 1 aliphatic heterocycles. The van der Waals surface area contributed by atoms with Crippen LogP contribution in [-0.4, -0.2) is 33.9 Å². The highest BCUT2D eigenvalue weighted by Gasteiger charge is 2.48. The van der Waals surface area contributed by atoms with Crippen LogP contribution in [0.5, 0.6) is 0 Å². The van der Waals surface area contributed by atoms with Crippen molar-refractivity contribution >= 4 is 35.1 Å². The van der Waals surface area contributed by atoms with Crippen LogP contribution in [0.2, 0.25) is 10.0 Å². The van der Waals surface area contributed by atoms with Gasteiger partial charge in [0.15, 0.2) is 5.60 Å². The van der Waals surface area contributed by atoms with Crippen LogP contribution in [0.15, 0.2) is 18.2 Å². The Hall–Kier alpha value is -1.30. The molecule has 0 amide bonds. The molecule has 1 unspecified atom stereocenters. The van der Waals surface area contributed by atoms with E-state index in [1.807, 2.05) is 12.1 Å². The zero-order valence-electron chi connectivity index (χ0n) is 13.8. The molecule has 0 spiro atoms. The van der Waals surface area contributed by atoms with E-state index in [2.05, 4.69) is 0 Å². The summed E-state index contributed by atoms with van der Waals surface area (Å²) >= 11 is 12.0. The molecule has 0 saturated carbocycles. The highest BCUT2D eigenvalue weighted by atomic mass is 35.5. The molecule has 5 nitrogen and oxygen atoms in total. The topological polar surface area (TPSA) is 83.8 Å². The van der Waals surface area contributed by atoms with Crippen LogP contribution >= 0.6 is 23.2 Å². The lowest BCUT2D eigenvalue weighted by atomic mass is 9.93. The summed E-state index contributed by atoms with van der Waals surface area (Å²) in [6, 6.07) is 5.51. The van der Waals surface area contributed by atoms with Gasteiger partial charge in [-0.15, -0.1) is 0 Å². The minimum Gasteiger partial charge on any atom is -0.481 e. The van der Waals surface area contributed by atoms with Gasteiger partial charge in [0.1, 0.15) is 6.10 Å². The molecule has 0 bridgehead atoms. The minimum atomic E-state index is -1.87. The summed E-state index contributed by atoms with van der Waals surface area (Å²) in [6.45, 7) is 0. The third-order valence-corrected chi connectivity index (χ3v) is 4.99. The summed E-state index contributed by atoms with van der Waals surface area (Å²) in [5, 5.41) is 20.1. The van der Waals surface area contributed by atoms with Crippen LogP contribution < -0.4 is 0 Å². The Morgan fingerprint density at radius 2 is 1.96 bits per heavy atom. The Kier molecular flexibility index (Phi) is 7.11. The number of hydrogen-bond donors (Lipinski definition) is 2. The minimum absolute atomic E-state index is 0.0541. The van der Waals surface area contributed by atoms with Crippen molar-refractivity contribution in [2.75, 3.05) is 0 Å². The van der Waals surface area contributed by atoms with E-state index < -0.39 is 30.1 Å². The second kappa shape index (κ2) is 8.88. The SMILES string of the molecule is O=C(O)C[C@]1(O)CC(CCCCCCc2ccc(Cl)cc2Cl)OC1=O. The molecule has 1 heterocycles. The predicted octanol–water partition coefficient (Wildman–Crippen LogP) is 4.01. The number of carbonyl (C=O) groups is 2. The largest absolute Gasteiger partial charge is 0.481 e. The lowest BCUT2D eigenvalue weighted by Gasteiger charge is -2.14. The molecule has 2 atom stereocenters. The van der Waals surface area contributed by atoms with E-state index in [0.29, 0.717) is 16.5 Å². The molecule has 0 aliphatic carbocycles. The molecule has 2 rings (SSSR count). The van der Waals surface area contributed by atoms with E-state index in [9.17, 15) is 14.7 Å². The van der Waals surface area contributed by atoms with Crippen molar-refractivity contribution in [2.24, 2.45) is 0 Å². The number of carboxylic acids is 1. The van der Waals surface area contributed by atoms with Gasteiger partial charge in [0.05, 0.1) is 6.42 Å². The second-order valence-electron chi connectivity index (χ2n) is 6.52. The number of rotatable bonds is 9. The second-order valence-corrected chi connectivity index (χ2v) is 7.37. The van der Waals surface area contributed by atoms with E-state index >= 15 is 0 Å². The number of esters is 1. The third-order valence-electron chi connectivity index (χ3n) is 4.40. The molecular formula is C18H22Cl2O5. The molecule has 2 N–H and O–H groups in total. The molecule has 138 valence electrons. The predicted molar refractivity (Wildman–Crippen MR) is 95.0 cm³/mol. The van der Waals surface area contributed by atoms with Gasteiger partial charge in [-0.05, 0) is 43.4 Å². The number of carbonyl (C=O) groups excluding carboxylic acids is 1. The van der Waals surface area contributed by atoms with Gasteiger partial charge in [-0.1, -0.05) is 42.1 Å². The van der Waals surface area contributed by atoms with E-state index in [1.54, 1.807) is 6.07 Å². The van der Waals surface area contributed by atoms with Gasteiger partial charge in [-0.3, -0.25) is 4.79 Å². The number of unbranched alkanes of at least 4 members (excludes halogenated alkanes) is 3. The summed E-state index contributed by atoms with van der Waals surface area (Å²) in [4.78, 5) is 22.4. The molecule has 0 radical (unpaired) electrons. The Morgan fingerprint density at radius 3 is 2.64 bits per heavy atom. The Bertz CT molecular complexity index is 634. The van der Waals surface area contributed by atoms with Crippen molar-refractivity contribution in [1.82, 2.24) is 0 Å². The first kappa shape index (κ1) is 20.0. The molecule has 7 heteroatoms. The zero-order chi connectivity index (χ0) is 18.4. The zero-order valence-corrected chi connectivity index (χ0v) is 15.4. The molecular weight excluding hydrogens is 367 g/mol. The maximum absolute atomic E-state index is 11.6. The number of carboxylic acid groups (broad SMARTS) is 1. The van der Waals surface area contributed by atoms with E-state index in [1.165, 1.54) is 0 Å². The van der Waals surface area contributed by atoms with Gasteiger partial charge in [0, 0.05) is 16.5 Å². The van der Waals surface area contributed by atoms with Gasteiger partial charge >= 0.3 is 11.9 Å². The van der Waals surface area contributed by atoms with E-state index in [-0.39, 0.29) is 6.42 Å². The standard InChI is InChI=1S/C18H22Cl2O5/c19-13-8-7-12(15(20)9-13)5-3-1-2-4-6-14-10-18(24,11-16(21)22)17(23)25-14/h7-9,14,24H,1-6,10-11H2,(H,21,22)/t14?,18-/m1/s1. The average Bonchev–Trinajstić information content (AvgIpc) is 2.78. The Morgan fingerprint density at radius 1 is 1.24 bits per heavy atom. The summed E-state index contributed by atoms with van der Waals surface area (Å²) in [6.07, 6.45) is 4.40. The van der Waals surface area contributed by atoms with Crippen molar-refractivity contribution in [2.45, 2.75) is 63.1 Å². The molecule has 25 heavy (non-hydrogen) atoms. The first-order valence-electron chi connectivity index (χ1n) is 8.39. The van der Waals surface area contributed by atoms with E-state index in [0.717, 1.165) is 37.7 Å². The molecule has 1 aromatic carbocycles. The fraction of sp³-hybridized carbons (Fsp3) is 0.556. The summed E-state index contributed by atoms with van der Waals surface area (Å²) < 4.78 is 5.10. The van der Waals surface area contributed by atoms with Crippen LogP contribution in [0.25, 0.3) is 0 Å². The smallest absolute Gasteiger partial charge is 0.339 e. The third kappa shape index (κ3) is 5.87. The highest BCUT2D eigenvalue weighted by molar-refractivity contribution is 6.35. The maximum atomic E-state index is 11.6. The van der Waals surface area contributed by atoms with Crippen molar-refractivity contribution in [3.8, 4) is 0 Å². The summed E-state index contributed by atoms with van der Waals surface area (Å²) in [5.74, 6) is -2.03. The molecule has 1 aromatic rings. The van der Waals surface area contributed by atoms with Gasteiger partial charge < -0.3 is 14.9 Å². The number of benzene rings is 1. The Labute approximate surface area is 156 Å².